The Hall–Kier alpha value is -0.410. The van der Waals surface area contributed by atoms with Gasteiger partial charge in [-0.05, 0) is 25.8 Å². The minimum Gasteiger partial charge on any atom is -0.312 e. The second-order valence-corrected chi connectivity index (χ2v) is 6.01. The van der Waals surface area contributed by atoms with E-state index >= 15 is 0 Å². The van der Waals surface area contributed by atoms with Crippen molar-refractivity contribution in [3.63, 3.8) is 0 Å². The summed E-state index contributed by atoms with van der Waals surface area (Å²) in [5.41, 5.74) is 1.21. The van der Waals surface area contributed by atoms with E-state index in [2.05, 4.69) is 44.9 Å². The molecule has 0 aliphatic rings. The fraction of sp³-hybridized carbons (Fsp3) is 0.769. The van der Waals surface area contributed by atoms with Gasteiger partial charge in [0.1, 0.15) is 0 Å². The summed E-state index contributed by atoms with van der Waals surface area (Å²) >= 11 is 1.87. The molecule has 1 atom stereocenters. The quantitative estimate of drug-likeness (QED) is 0.820. The molecule has 16 heavy (non-hydrogen) atoms. The van der Waals surface area contributed by atoms with E-state index < -0.39 is 0 Å². The zero-order valence-corrected chi connectivity index (χ0v) is 11.9. The van der Waals surface area contributed by atoms with E-state index in [1.165, 1.54) is 22.0 Å². The summed E-state index contributed by atoms with van der Waals surface area (Å²) in [6.45, 7) is 13.1. The van der Waals surface area contributed by atoms with Gasteiger partial charge in [0.05, 0.1) is 10.7 Å². The molecule has 0 radical (unpaired) electrons. The van der Waals surface area contributed by atoms with Crippen LogP contribution in [0, 0.1) is 12.8 Å². The van der Waals surface area contributed by atoms with Gasteiger partial charge in [-0.25, -0.2) is 4.98 Å². The largest absolute Gasteiger partial charge is 0.312 e. The summed E-state index contributed by atoms with van der Waals surface area (Å²) in [6, 6.07) is 0. The highest BCUT2D eigenvalue weighted by atomic mass is 32.1. The van der Waals surface area contributed by atoms with Gasteiger partial charge in [0, 0.05) is 17.3 Å². The first kappa shape index (κ1) is 13.7. The minimum absolute atomic E-state index is 0.600. The summed E-state index contributed by atoms with van der Waals surface area (Å²) in [5.74, 6) is 1.31. The molecule has 0 saturated heterocycles. The van der Waals surface area contributed by atoms with Crippen molar-refractivity contribution in [2.75, 3.05) is 6.54 Å². The van der Waals surface area contributed by atoms with Gasteiger partial charge in [-0.3, -0.25) is 0 Å². The molecule has 0 amide bonds. The molecule has 1 rings (SSSR count). The Bertz CT molecular complexity index is 318. The number of rotatable bonds is 6. The average molecular weight is 240 g/mol. The van der Waals surface area contributed by atoms with Crippen molar-refractivity contribution < 1.29 is 0 Å². The van der Waals surface area contributed by atoms with Crippen molar-refractivity contribution >= 4 is 11.3 Å². The predicted octanol–water partition coefficient (Wildman–Crippen LogP) is 3.71. The zero-order valence-electron chi connectivity index (χ0n) is 11.1. The third-order valence-electron chi connectivity index (χ3n) is 2.78. The predicted molar refractivity (Wildman–Crippen MR) is 72.1 cm³/mol. The van der Waals surface area contributed by atoms with Gasteiger partial charge >= 0.3 is 0 Å². The van der Waals surface area contributed by atoms with E-state index in [0.717, 1.165) is 13.1 Å². The van der Waals surface area contributed by atoms with Crippen LogP contribution < -0.4 is 5.32 Å². The third-order valence-corrected chi connectivity index (χ3v) is 4.17. The molecule has 1 unspecified atom stereocenters. The monoisotopic (exact) mass is 240 g/mol. The maximum atomic E-state index is 4.66. The van der Waals surface area contributed by atoms with Crippen molar-refractivity contribution in [1.82, 2.24) is 10.3 Å². The lowest BCUT2D eigenvalue weighted by Crippen LogP contribution is -2.18. The van der Waals surface area contributed by atoms with Gasteiger partial charge in [-0.2, -0.15) is 0 Å². The number of hydrogen-bond donors (Lipinski definition) is 1. The topological polar surface area (TPSA) is 24.9 Å². The van der Waals surface area contributed by atoms with Crippen LogP contribution >= 0.6 is 11.3 Å². The molecule has 0 fully saturated rings. The van der Waals surface area contributed by atoms with Crippen LogP contribution in [0.3, 0.4) is 0 Å². The average Bonchev–Trinajstić information content (AvgIpc) is 2.59. The van der Waals surface area contributed by atoms with Gasteiger partial charge in [0.25, 0.3) is 0 Å². The van der Waals surface area contributed by atoms with E-state index in [1.807, 2.05) is 11.3 Å². The Balaban J connectivity index is 2.56. The number of thiazole rings is 1. The van der Waals surface area contributed by atoms with Crippen LogP contribution in [0.4, 0.5) is 0 Å². The third kappa shape index (κ3) is 3.87. The summed E-state index contributed by atoms with van der Waals surface area (Å²) in [6.07, 6.45) is 1.17. The fourth-order valence-electron chi connectivity index (χ4n) is 1.47. The molecule has 3 heteroatoms. The first-order valence-corrected chi connectivity index (χ1v) is 7.03. The van der Waals surface area contributed by atoms with E-state index in [0.29, 0.717) is 11.8 Å². The van der Waals surface area contributed by atoms with E-state index in [4.69, 9.17) is 0 Å². The van der Waals surface area contributed by atoms with Crippen molar-refractivity contribution in [3.8, 4) is 0 Å². The molecule has 1 N–H and O–H groups in total. The maximum Gasteiger partial charge on any atom is 0.0959 e. The molecular weight excluding hydrogens is 216 g/mol. The van der Waals surface area contributed by atoms with E-state index in [9.17, 15) is 0 Å². The van der Waals surface area contributed by atoms with Crippen molar-refractivity contribution in [2.24, 2.45) is 5.92 Å². The molecule has 0 saturated carbocycles. The zero-order chi connectivity index (χ0) is 12.1. The molecule has 1 aromatic heterocycles. The second kappa shape index (κ2) is 6.36. The van der Waals surface area contributed by atoms with Crippen LogP contribution in [0.5, 0.6) is 0 Å². The van der Waals surface area contributed by atoms with Crippen LogP contribution in [0.15, 0.2) is 0 Å². The highest BCUT2D eigenvalue weighted by molar-refractivity contribution is 7.11. The van der Waals surface area contributed by atoms with E-state index in [1.54, 1.807) is 0 Å². The standard InChI is InChI=1S/C13H24N2S/c1-6-10(4)13-15-11(5)12(16-13)8-14-7-9(2)3/h9-10,14H,6-8H2,1-5H3. The summed E-state index contributed by atoms with van der Waals surface area (Å²) in [7, 11) is 0. The van der Waals surface area contributed by atoms with Gasteiger partial charge in [0.2, 0.25) is 0 Å². The number of nitrogens with one attached hydrogen (secondary N) is 1. The van der Waals surface area contributed by atoms with Crippen LogP contribution in [0.25, 0.3) is 0 Å². The van der Waals surface area contributed by atoms with E-state index in [-0.39, 0.29) is 0 Å². The van der Waals surface area contributed by atoms with Gasteiger partial charge in [-0.1, -0.05) is 27.7 Å². The Morgan fingerprint density at radius 1 is 1.31 bits per heavy atom. The highest BCUT2D eigenvalue weighted by Gasteiger charge is 2.11. The second-order valence-electron chi connectivity index (χ2n) is 4.89. The van der Waals surface area contributed by atoms with Crippen molar-refractivity contribution in [2.45, 2.75) is 53.5 Å². The summed E-state index contributed by atoms with van der Waals surface area (Å²) < 4.78 is 0. The molecule has 0 aliphatic heterocycles. The molecule has 0 aromatic carbocycles. The van der Waals surface area contributed by atoms with Crippen LogP contribution in [-0.2, 0) is 6.54 Å². The van der Waals surface area contributed by atoms with Crippen LogP contribution in [0.1, 0.15) is 55.6 Å². The number of aryl methyl sites for hydroxylation is 1. The van der Waals surface area contributed by atoms with Gasteiger partial charge in [0.15, 0.2) is 0 Å². The molecule has 1 heterocycles. The summed E-state index contributed by atoms with van der Waals surface area (Å²) in [5, 5.41) is 4.78. The Kier molecular flexibility index (Phi) is 5.42. The SMILES string of the molecule is CCC(C)c1nc(C)c(CNCC(C)C)s1. The van der Waals surface area contributed by atoms with Crippen molar-refractivity contribution in [1.29, 1.82) is 0 Å². The molecule has 0 aliphatic carbocycles. The smallest absolute Gasteiger partial charge is 0.0959 e. The Labute approximate surface area is 103 Å². The van der Waals surface area contributed by atoms with Crippen LogP contribution in [-0.4, -0.2) is 11.5 Å². The molecular formula is C13H24N2S. The molecule has 1 aromatic rings. The van der Waals surface area contributed by atoms with Gasteiger partial charge in [-0.15, -0.1) is 11.3 Å². The van der Waals surface area contributed by atoms with Crippen LogP contribution in [0.2, 0.25) is 0 Å². The minimum atomic E-state index is 0.600. The number of aromatic nitrogens is 1. The van der Waals surface area contributed by atoms with Crippen molar-refractivity contribution in [3.05, 3.63) is 15.6 Å². The maximum absolute atomic E-state index is 4.66. The lowest BCUT2D eigenvalue weighted by Gasteiger charge is -2.05. The lowest BCUT2D eigenvalue weighted by atomic mass is 10.1. The normalized spacial score (nSPS) is 13.4. The lowest BCUT2D eigenvalue weighted by molar-refractivity contribution is 0.554. The Morgan fingerprint density at radius 2 is 2.00 bits per heavy atom. The van der Waals surface area contributed by atoms with Gasteiger partial charge < -0.3 is 5.32 Å². The number of hydrogen-bond acceptors (Lipinski definition) is 3. The molecule has 2 nitrogen and oxygen atoms in total. The molecule has 0 bridgehead atoms. The molecule has 92 valence electrons. The highest BCUT2D eigenvalue weighted by Crippen LogP contribution is 2.26. The fourth-order valence-corrected chi connectivity index (χ4v) is 2.64. The summed E-state index contributed by atoms with van der Waals surface area (Å²) in [4.78, 5) is 6.06. The number of nitrogens with zero attached hydrogens (tertiary/aromatic N) is 1. The first-order valence-electron chi connectivity index (χ1n) is 6.21. The molecule has 0 spiro atoms. The Morgan fingerprint density at radius 3 is 2.56 bits per heavy atom. The first-order chi connectivity index (χ1) is 7.54.